The minimum atomic E-state index is -0.427. The average Bonchev–Trinajstić information content (AvgIpc) is 3.03. The number of nitro groups is 1. The third-order valence-corrected chi connectivity index (χ3v) is 4.31. The Labute approximate surface area is 116 Å². The van der Waals surface area contributed by atoms with Crippen molar-refractivity contribution in [2.45, 2.75) is 38.3 Å². The zero-order valence-corrected chi connectivity index (χ0v) is 11.3. The van der Waals surface area contributed by atoms with Crippen molar-refractivity contribution in [2.24, 2.45) is 5.92 Å². The van der Waals surface area contributed by atoms with Crippen LogP contribution in [0, 0.1) is 23.0 Å². The van der Waals surface area contributed by atoms with Crippen LogP contribution in [0.4, 0.5) is 11.4 Å². The summed E-state index contributed by atoms with van der Waals surface area (Å²) in [5, 5.41) is 17.1. The third-order valence-electron chi connectivity index (χ3n) is 4.31. The summed E-state index contributed by atoms with van der Waals surface area (Å²) in [4.78, 5) is 22.7. The molecule has 3 atom stereocenters. The minimum absolute atomic E-state index is 0.0193. The lowest BCUT2D eigenvalue weighted by Gasteiger charge is -2.19. The number of amides is 1. The molecule has 2 N–H and O–H groups in total. The predicted octanol–water partition coefficient (Wildman–Crippen LogP) is 1.98. The summed E-state index contributed by atoms with van der Waals surface area (Å²) in [5.41, 5.74) is 1.12. The van der Waals surface area contributed by atoms with Crippen molar-refractivity contribution in [3.63, 3.8) is 0 Å². The van der Waals surface area contributed by atoms with Gasteiger partial charge >= 0.3 is 0 Å². The second-order valence-electron chi connectivity index (χ2n) is 5.64. The summed E-state index contributed by atoms with van der Waals surface area (Å²) in [5.74, 6) is -0.0584. The molecule has 20 heavy (non-hydrogen) atoms. The second-order valence-corrected chi connectivity index (χ2v) is 5.64. The van der Waals surface area contributed by atoms with Crippen LogP contribution in [0.1, 0.15) is 24.8 Å². The summed E-state index contributed by atoms with van der Waals surface area (Å²) in [6, 6.07) is 5.52. The van der Waals surface area contributed by atoms with Crippen molar-refractivity contribution >= 4 is 17.3 Å². The maximum absolute atomic E-state index is 12.2. The van der Waals surface area contributed by atoms with Gasteiger partial charge in [0.1, 0.15) is 0 Å². The molecule has 1 aromatic carbocycles. The van der Waals surface area contributed by atoms with Gasteiger partial charge in [0.2, 0.25) is 5.91 Å². The van der Waals surface area contributed by atoms with E-state index in [-0.39, 0.29) is 23.6 Å². The number of aryl methyl sites for hydroxylation is 1. The molecule has 106 valence electrons. The maximum Gasteiger partial charge on any atom is 0.274 e. The van der Waals surface area contributed by atoms with E-state index in [1.807, 2.05) is 0 Å². The lowest BCUT2D eigenvalue weighted by atomic mass is 9.88. The van der Waals surface area contributed by atoms with Crippen molar-refractivity contribution in [2.75, 3.05) is 5.32 Å². The number of nitrogens with one attached hydrogen (secondary N) is 2. The van der Waals surface area contributed by atoms with E-state index in [1.165, 1.54) is 6.07 Å². The van der Waals surface area contributed by atoms with Crippen molar-refractivity contribution < 1.29 is 9.72 Å². The topological polar surface area (TPSA) is 84.3 Å². The van der Waals surface area contributed by atoms with Crippen LogP contribution in [0.15, 0.2) is 18.2 Å². The SMILES string of the molecule is Cc1ccc(NC(=O)C2CC3CCC2N3)cc1[N+](=O)[O-]. The van der Waals surface area contributed by atoms with Gasteiger partial charge in [0.15, 0.2) is 0 Å². The predicted molar refractivity (Wildman–Crippen MR) is 74.5 cm³/mol. The first-order chi connectivity index (χ1) is 9.54. The molecule has 2 heterocycles. The second kappa shape index (κ2) is 4.86. The van der Waals surface area contributed by atoms with Crippen molar-refractivity contribution in [1.82, 2.24) is 5.32 Å². The largest absolute Gasteiger partial charge is 0.326 e. The number of carbonyl (C=O) groups excluding carboxylic acids is 1. The third kappa shape index (κ3) is 2.27. The van der Waals surface area contributed by atoms with E-state index >= 15 is 0 Å². The molecule has 0 radical (unpaired) electrons. The van der Waals surface area contributed by atoms with Crippen LogP contribution in [0.25, 0.3) is 0 Å². The van der Waals surface area contributed by atoms with E-state index in [4.69, 9.17) is 0 Å². The maximum atomic E-state index is 12.2. The molecule has 2 aliphatic rings. The van der Waals surface area contributed by atoms with E-state index in [1.54, 1.807) is 19.1 Å². The fourth-order valence-electron chi connectivity index (χ4n) is 3.23. The molecular weight excluding hydrogens is 258 g/mol. The van der Waals surface area contributed by atoms with Gasteiger partial charge in [-0.3, -0.25) is 14.9 Å². The highest BCUT2D eigenvalue weighted by molar-refractivity contribution is 5.93. The fraction of sp³-hybridized carbons (Fsp3) is 0.500. The Morgan fingerprint density at radius 1 is 1.45 bits per heavy atom. The van der Waals surface area contributed by atoms with Crippen molar-refractivity contribution in [3.8, 4) is 0 Å². The van der Waals surface area contributed by atoms with E-state index < -0.39 is 4.92 Å². The summed E-state index contributed by atoms with van der Waals surface area (Å²) in [6.07, 6.45) is 3.05. The molecule has 0 aromatic heterocycles. The van der Waals surface area contributed by atoms with E-state index in [2.05, 4.69) is 10.6 Å². The molecular formula is C14H17N3O3. The van der Waals surface area contributed by atoms with Gasteiger partial charge in [0.05, 0.1) is 10.8 Å². The Bertz CT molecular complexity index is 573. The van der Waals surface area contributed by atoms with E-state index in [9.17, 15) is 14.9 Å². The van der Waals surface area contributed by atoms with E-state index in [0.717, 1.165) is 19.3 Å². The standard InChI is InChI=1S/C14H17N3O3/c1-8-2-3-10(7-13(8)17(19)20)16-14(18)11-6-9-4-5-12(11)15-9/h2-3,7,9,11-12,15H,4-6H2,1H3,(H,16,18). The summed E-state index contributed by atoms with van der Waals surface area (Å²) in [7, 11) is 0. The van der Waals surface area contributed by atoms with Gasteiger partial charge in [-0.1, -0.05) is 6.07 Å². The Balaban J connectivity index is 1.73. The zero-order valence-electron chi connectivity index (χ0n) is 11.3. The number of rotatable bonds is 3. The number of hydrogen-bond acceptors (Lipinski definition) is 4. The first-order valence-electron chi connectivity index (χ1n) is 6.86. The minimum Gasteiger partial charge on any atom is -0.326 e. The molecule has 0 saturated carbocycles. The molecule has 3 rings (SSSR count). The van der Waals surface area contributed by atoms with Gasteiger partial charge in [0.25, 0.3) is 5.69 Å². The molecule has 1 aromatic rings. The highest BCUT2D eigenvalue weighted by Crippen LogP contribution is 2.34. The van der Waals surface area contributed by atoms with Crippen LogP contribution in [-0.2, 0) is 4.79 Å². The molecule has 2 fully saturated rings. The summed E-state index contributed by atoms with van der Waals surface area (Å²) >= 11 is 0. The number of hydrogen-bond donors (Lipinski definition) is 2. The van der Waals surface area contributed by atoms with Crippen molar-refractivity contribution in [3.05, 3.63) is 33.9 Å². The molecule has 6 heteroatoms. The number of nitro benzene ring substituents is 1. The van der Waals surface area contributed by atoms with Gasteiger partial charge < -0.3 is 10.6 Å². The highest BCUT2D eigenvalue weighted by Gasteiger charge is 2.42. The number of anilines is 1. The molecule has 3 unspecified atom stereocenters. The van der Waals surface area contributed by atoms with Gasteiger partial charge in [0, 0.05) is 29.4 Å². The molecule has 0 spiro atoms. The normalized spacial score (nSPS) is 27.6. The molecule has 2 bridgehead atoms. The van der Waals surface area contributed by atoms with Crippen LogP contribution in [-0.4, -0.2) is 22.9 Å². The van der Waals surface area contributed by atoms with Gasteiger partial charge in [-0.2, -0.15) is 0 Å². The molecule has 1 amide bonds. The smallest absolute Gasteiger partial charge is 0.274 e. The van der Waals surface area contributed by atoms with Gasteiger partial charge in [-0.25, -0.2) is 0 Å². The first-order valence-corrected chi connectivity index (χ1v) is 6.86. The monoisotopic (exact) mass is 275 g/mol. The number of fused-ring (bicyclic) bond motifs is 2. The summed E-state index contributed by atoms with van der Waals surface area (Å²) < 4.78 is 0. The van der Waals surface area contributed by atoms with Crippen LogP contribution in [0.5, 0.6) is 0 Å². The Kier molecular flexibility index (Phi) is 3.17. The average molecular weight is 275 g/mol. The lowest BCUT2D eigenvalue weighted by Crippen LogP contribution is -2.32. The van der Waals surface area contributed by atoms with Gasteiger partial charge in [-0.15, -0.1) is 0 Å². The quantitative estimate of drug-likeness (QED) is 0.652. The van der Waals surface area contributed by atoms with Gasteiger partial charge in [-0.05, 0) is 32.3 Å². The first kappa shape index (κ1) is 13.1. The number of carbonyl (C=O) groups is 1. The van der Waals surface area contributed by atoms with Crippen molar-refractivity contribution in [1.29, 1.82) is 0 Å². The zero-order chi connectivity index (χ0) is 14.3. The van der Waals surface area contributed by atoms with E-state index in [0.29, 0.717) is 17.3 Å². The highest BCUT2D eigenvalue weighted by atomic mass is 16.6. The fourth-order valence-corrected chi connectivity index (χ4v) is 3.23. The van der Waals surface area contributed by atoms with Crippen LogP contribution in [0.3, 0.4) is 0 Å². The summed E-state index contributed by atoms with van der Waals surface area (Å²) in [6.45, 7) is 1.68. The molecule has 2 aliphatic heterocycles. The molecule has 0 aliphatic carbocycles. The molecule has 2 saturated heterocycles. The lowest BCUT2D eigenvalue weighted by molar-refractivity contribution is -0.385. The van der Waals surface area contributed by atoms with Crippen LogP contribution in [0.2, 0.25) is 0 Å². The van der Waals surface area contributed by atoms with Crippen LogP contribution >= 0.6 is 0 Å². The number of nitrogens with zero attached hydrogens (tertiary/aromatic N) is 1. The Hall–Kier alpha value is -1.95. The Morgan fingerprint density at radius 2 is 2.25 bits per heavy atom. The molecule has 6 nitrogen and oxygen atoms in total. The number of benzene rings is 1. The Morgan fingerprint density at radius 3 is 2.85 bits per heavy atom. The van der Waals surface area contributed by atoms with Crippen LogP contribution < -0.4 is 10.6 Å².